The Balaban J connectivity index is 1.29. The van der Waals surface area contributed by atoms with E-state index in [1.165, 1.54) is 58.3 Å². The third-order valence-corrected chi connectivity index (χ3v) is 7.37. The van der Waals surface area contributed by atoms with Gasteiger partial charge < -0.3 is 19.3 Å². The molecule has 0 unspecified atom stereocenters. The van der Waals surface area contributed by atoms with Crippen LogP contribution in [0.25, 0.3) is 0 Å². The van der Waals surface area contributed by atoms with Gasteiger partial charge in [-0.2, -0.15) is 12.6 Å². The Kier molecular flexibility index (Phi) is 9.27. The zero-order valence-corrected chi connectivity index (χ0v) is 23.1. The molecule has 0 saturated carbocycles. The fraction of sp³-hybridized carbons (Fsp3) is 0.423. The van der Waals surface area contributed by atoms with Gasteiger partial charge in [-0.05, 0) is 48.7 Å². The normalized spacial score (nSPS) is 20.4. The van der Waals surface area contributed by atoms with Gasteiger partial charge in [0.1, 0.15) is 19.3 Å². The molecule has 14 nitrogen and oxygen atoms in total. The number of nitrogens with zero attached hydrogens (tertiary/aromatic N) is 5. The van der Waals surface area contributed by atoms with Gasteiger partial charge in [-0.3, -0.25) is 29.9 Å². The molecule has 0 bridgehead atoms. The van der Waals surface area contributed by atoms with E-state index in [1.54, 1.807) is 11.8 Å². The Morgan fingerprint density at radius 2 is 1.32 bits per heavy atom. The Hall–Kier alpha value is -4.40. The summed E-state index contributed by atoms with van der Waals surface area (Å²) in [5, 5.41) is 21.4. The lowest BCUT2D eigenvalue weighted by molar-refractivity contribution is -0.385. The van der Waals surface area contributed by atoms with Crippen molar-refractivity contribution in [3.63, 3.8) is 0 Å². The van der Waals surface area contributed by atoms with Crippen LogP contribution in [0.3, 0.4) is 0 Å². The molecule has 2 aliphatic rings. The highest BCUT2D eigenvalue weighted by molar-refractivity contribution is 7.81. The molecule has 0 aliphatic carbocycles. The van der Waals surface area contributed by atoms with Crippen molar-refractivity contribution < 1.29 is 33.7 Å². The van der Waals surface area contributed by atoms with Crippen LogP contribution in [0.2, 0.25) is 0 Å². The summed E-state index contributed by atoms with van der Waals surface area (Å²) in [6, 6.07) is 10.2. The predicted molar refractivity (Wildman–Crippen MR) is 147 cm³/mol. The molecule has 0 N–H and O–H groups in total. The largest absolute Gasteiger partial charge is 0.445 e. The molecule has 2 saturated heterocycles. The van der Waals surface area contributed by atoms with Crippen molar-refractivity contribution in [3.05, 3.63) is 79.9 Å². The number of carbonyl (C=O) groups excluding carboxylic acids is 3. The van der Waals surface area contributed by atoms with E-state index in [2.05, 4.69) is 12.6 Å². The molecule has 0 spiro atoms. The minimum Gasteiger partial charge on any atom is -0.445 e. The monoisotopic (exact) mass is 587 g/mol. The van der Waals surface area contributed by atoms with Crippen molar-refractivity contribution in [2.75, 3.05) is 26.2 Å². The molecule has 0 radical (unpaired) electrons. The minimum atomic E-state index is -0.769. The van der Waals surface area contributed by atoms with E-state index in [4.69, 9.17) is 9.47 Å². The van der Waals surface area contributed by atoms with E-state index in [-0.39, 0.29) is 68.0 Å². The number of amides is 3. The number of carbonyl (C=O) groups is 3. The average Bonchev–Trinajstić information content (AvgIpc) is 3.36. The van der Waals surface area contributed by atoms with Crippen LogP contribution in [0.1, 0.15) is 24.5 Å². The zero-order chi connectivity index (χ0) is 29.7. The zero-order valence-electron chi connectivity index (χ0n) is 22.2. The van der Waals surface area contributed by atoms with Gasteiger partial charge in [0.25, 0.3) is 11.4 Å². The SMILES string of the molecule is C[C@H]1CN(C(=O)[C@@H]2C[C@H](S)CN2C(=O)OCc2ccc([N+](=O)[O-])cc2)CCN1C(=O)OCc1ccc([N+](=O)[O-])cc1. The lowest BCUT2D eigenvalue weighted by atomic mass is 10.1. The van der Waals surface area contributed by atoms with E-state index in [0.29, 0.717) is 17.5 Å². The number of thiol groups is 1. The van der Waals surface area contributed by atoms with Gasteiger partial charge in [-0.1, -0.05) is 0 Å². The number of hydrogen-bond donors (Lipinski definition) is 1. The highest BCUT2D eigenvalue weighted by atomic mass is 32.1. The van der Waals surface area contributed by atoms with E-state index >= 15 is 0 Å². The summed E-state index contributed by atoms with van der Waals surface area (Å²) < 4.78 is 10.8. The molecular weight excluding hydrogens is 558 g/mol. The van der Waals surface area contributed by atoms with Crippen molar-refractivity contribution in [2.45, 2.75) is 43.9 Å². The van der Waals surface area contributed by atoms with Crippen LogP contribution in [0.5, 0.6) is 0 Å². The van der Waals surface area contributed by atoms with Gasteiger partial charge in [-0.15, -0.1) is 0 Å². The molecule has 2 aliphatic heterocycles. The van der Waals surface area contributed by atoms with Crippen LogP contribution in [-0.4, -0.2) is 86.2 Å². The number of nitro benzene ring substituents is 2. The van der Waals surface area contributed by atoms with Crippen molar-refractivity contribution >= 4 is 42.1 Å². The molecule has 0 aromatic heterocycles. The quantitative estimate of drug-likeness (QED) is 0.290. The van der Waals surface area contributed by atoms with Gasteiger partial charge in [-0.25, -0.2) is 9.59 Å². The first kappa shape index (κ1) is 29.6. The maximum absolute atomic E-state index is 13.4. The number of hydrogen-bond acceptors (Lipinski definition) is 10. The second-order valence-corrected chi connectivity index (χ2v) is 10.6. The molecule has 3 amide bonds. The average molecular weight is 588 g/mol. The van der Waals surface area contributed by atoms with Crippen LogP contribution < -0.4 is 0 Å². The number of likely N-dealkylation sites (tertiary alicyclic amines) is 1. The summed E-state index contributed by atoms with van der Waals surface area (Å²) in [4.78, 5) is 64.1. The number of nitro groups is 2. The molecule has 2 heterocycles. The van der Waals surface area contributed by atoms with Crippen molar-refractivity contribution in [3.8, 4) is 0 Å². The van der Waals surface area contributed by atoms with Crippen LogP contribution >= 0.6 is 12.6 Å². The van der Waals surface area contributed by atoms with Gasteiger partial charge in [0.15, 0.2) is 0 Å². The first-order valence-corrected chi connectivity index (χ1v) is 13.4. The van der Waals surface area contributed by atoms with E-state index in [0.717, 1.165) is 0 Å². The smallest absolute Gasteiger partial charge is 0.410 e. The third kappa shape index (κ3) is 7.22. The fourth-order valence-electron chi connectivity index (χ4n) is 4.77. The lowest BCUT2D eigenvalue weighted by Crippen LogP contribution is -2.58. The minimum absolute atomic E-state index is 0.0506. The van der Waals surface area contributed by atoms with E-state index in [1.807, 2.05) is 0 Å². The summed E-state index contributed by atoms with van der Waals surface area (Å²) in [5.74, 6) is -0.264. The molecule has 2 aromatic rings. The molecule has 4 rings (SSSR count). The van der Waals surface area contributed by atoms with Gasteiger partial charge in [0.2, 0.25) is 5.91 Å². The first-order valence-electron chi connectivity index (χ1n) is 12.8. The Morgan fingerprint density at radius 3 is 1.78 bits per heavy atom. The molecule has 15 heteroatoms. The molecule has 41 heavy (non-hydrogen) atoms. The Labute approximate surface area is 240 Å². The molecule has 2 aromatic carbocycles. The number of rotatable bonds is 7. The second kappa shape index (κ2) is 12.8. The van der Waals surface area contributed by atoms with Crippen LogP contribution in [0, 0.1) is 20.2 Å². The summed E-state index contributed by atoms with van der Waals surface area (Å²) in [6.07, 6.45) is -0.893. The standard InChI is InChI=1S/C26H29N5O9S/c1-17-13-27(10-11-28(17)25(33)39-15-18-2-6-20(7-3-18)30(35)36)24(32)23-12-22(41)14-29(23)26(34)40-16-19-4-8-21(9-5-19)31(37)38/h2-9,17,22-23,41H,10-16H2,1H3/t17-,22-,23-/m0/s1. The van der Waals surface area contributed by atoms with Gasteiger partial charge in [0.05, 0.1) is 9.85 Å². The topological polar surface area (TPSA) is 166 Å². The highest BCUT2D eigenvalue weighted by Gasteiger charge is 2.42. The Bertz CT molecular complexity index is 1310. The van der Waals surface area contributed by atoms with Gasteiger partial charge in [0, 0.05) is 61.7 Å². The predicted octanol–water partition coefficient (Wildman–Crippen LogP) is 3.38. The first-order chi connectivity index (χ1) is 19.5. The summed E-state index contributed by atoms with van der Waals surface area (Å²) >= 11 is 4.47. The van der Waals surface area contributed by atoms with Crippen LogP contribution in [0.15, 0.2) is 48.5 Å². The van der Waals surface area contributed by atoms with Crippen molar-refractivity contribution in [1.82, 2.24) is 14.7 Å². The second-order valence-electron chi connectivity index (χ2n) is 9.84. The lowest BCUT2D eigenvalue weighted by Gasteiger charge is -2.40. The Morgan fingerprint density at radius 1 is 0.829 bits per heavy atom. The third-order valence-electron chi connectivity index (χ3n) is 6.99. The molecule has 218 valence electrons. The van der Waals surface area contributed by atoms with E-state index in [9.17, 15) is 34.6 Å². The highest BCUT2D eigenvalue weighted by Crippen LogP contribution is 2.26. The van der Waals surface area contributed by atoms with E-state index < -0.39 is 28.1 Å². The summed E-state index contributed by atoms with van der Waals surface area (Å²) in [6.45, 7) is 2.57. The van der Waals surface area contributed by atoms with Gasteiger partial charge >= 0.3 is 12.2 Å². The summed E-state index contributed by atoms with van der Waals surface area (Å²) in [7, 11) is 0. The number of piperazine rings is 1. The van der Waals surface area contributed by atoms with Crippen LogP contribution in [-0.2, 0) is 27.5 Å². The van der Waals surface area contributed by atoms with Crippen molar-refractivity contribution in [1.29, 1.82) is 0 Å². The molecule has 3 atom stereocenters. The fourth-order valence-corrected chi connectivity index (χ4v) is 5.15. The summed E-state index contributed by atoms with van der Waals surface area (Å²) in [5.41, 5.74) is 1.04. The van der Waals surface area contributed by atoms with Crippen molar-refractivity contribution in [2.24, 2.45) is 0 Å². The number of ether oxygens (including phenoxy) is 2. The van der Waals surface area contributed by atoms with Crippen LogP contribution in [0.4, 0.5) is 21.0 Å². The molecular formula is C26H29N5O9S. The maximum atomic E-state index is 13.4. The number of non-ortho nitro benzene ring substituents is 2. The maximum Gasteiger partial charge on any atom is 0.410 e. The number of benzene rings is 2. The molecule has 2 fully saturated rings.